The molecule has 2 aromatic carbocycles. The second kappa shape index (κ2) is 8.87. The average Bonchev–Trinajstić information content (AvgIpc) is 2.73. The second-order valence-electron chi connectivity index (χ2n) is 6.24. The summed E-state index contributed by atoms with van der Waals surface area (Å²) in [5.74, 6) is -0.397. The number of benzene rings is 2. The Labute approximate surface area is 174 Å². The van der Waals surface area contributed by atoms with Crippen LogP contribution in [0, 0.1) is 0 Å². The van der Waals surface area contributed by atoms with Crippen molar-refractivity contribution in [3.63, 3.8) is 0 Å². The summed E-state index contributed by atoms with van der Waals surface area (Å²) in [5, 5.41) is 3.84. The van der Waals surface area contributed by atoms with Gasteiger partial charge in [0.15, 0.2) is 0 Å². The summed E-state index contributed by atoms with van der Waals surface area (Å²) in [7, 11) is -1.50. The maximum Gasteiger partial charge on any atom is 0.266 e. The summed E-state index contributed by atoms with van der Waals surface area (Å²) < 4.78 is 25.6. The molecule has 0 aliphatic heterocycles. The van der Waals surface area contributed by atoms with Crippen LogP contribution in [0.1, 0.15) is 15.9 Å². The van der Waals surface area contributed by atoms with Gasteiger partial charge in [0, 0.05) is 30.7 Å². The Balaban J connectivity index is 1.74. The lowest BCUT2D eigenvalue weighted by Crippen LogP contribution is -2.28. The van der Waals surface area contributed by atoms with Gasteiger partial charge < -0.3 is 5.32 Å². The molecule has 29 heavy (non-hydrogen) atoms. The molecule has 1 heterocycles. The molecule has 1 amide bonds. The Morgan fingerprint density at radius 1 is 1.21 bits per heavy atom. The van der Waals surface area contributed by atoms with Crippen LogP contribution in [0.5, 0.6) is 0 Å². The van der Waals surface area contributed by atoms with Crippen molar-refractivity contribution >= 4 is 38.4 Å². The molecule has 0 spiro atoms. The predicted octanol–water partition coefficient (Wildman–Crippen LogP) is 3.04. The molecule has 0 unspecified atom stereocenters. The number of rotatable bonds is 7. The number of hydrogen-bond donors (Lipinski definition) is 1. The summed E-state index contributed by atoms with van der Waals surface area (Å²) in [6.07, 6.45) is 2.32. The number of carbonyl (C=O) groups excluding carboxylic acids is 1. The number of aromatic nitrogens is 1. The van der Waals surface area contributed by atoms with Crippen LogP contribution in [0.25, 0.3) is 10.9 Å². The van der Waals surface area contributed by atoms with Gasteiger partial charge >= 0.3 is 0 Å². The van der Waals surface area contributed by atoms with Crippen molar-refractivity contribution in [2.45, 2.75) is 11.3 Å². The second-order valence-corrected chi connectivity index (χ2v) is 8.55. The average molecular weight is 434 g/mol. The summed E-state index contributed by atoms with van der Waals surface area (Å²) >= 11 is 6.03. The summed E-state index contributed by atoms with van der Waals surface area (Å²) in [6, 6.07) is 13.8. The largest absolute Gasteiger partial charge is 0.352 e. The number of hydroxylamine groups is 1. The van der Waals surface area contributed by atoms with E-state index in [2.05, 4.69) is 10.3 Å². The summed E-state index contributed by atoms with van der Waals surface area (Å²) in [6.45, 7) is 0.372. The van der Waals surface area contributed by atoms with Gasteiger partial charge in [0.25, 0.3) is 15.9 Å². The minimum Gasteiger partial charge on any atom is -0.352 e. The first-order valence-corrected chi connectivity index (χ1v) is 10.6. The van der Waals surface area contributed by atoms with Gasteiger partial charge in [-0.15, -0.1) is 0 Å². The molecule has 0 bridgehead atoms. The van der Waals surface area contributed by atoms with Crippen LogP contribution in [-0.4, -0.2) is 44.5 Å². The van der Waals surface area contributed by atoms with E-state index in [1.54, 1.807) is 6.20 Å². The van der Waals surface area contributed by atoms with E-state index in [1.807, 2.05) is 30.3 Å². The SMILES string of the molecule is CON(C)S(=O)(=O)c1cc(C(=O)NCCc2cccc3cccnc23)ccc1Cl. The van der Waals surface area contributed by atoms with Crippen LogP contribution in [0.2, 0.25) is 5.02 Å². The van der Waals surface area contributed by atoms with Crippen LogP contribution in [0.3, 0.4) is 0 Å². The van der Waals surface area contributed by atoms with E-state index in [1.165, 1.54) is 32.4 Å². The number of nitrogens with zero attached hydrogens (tertiary/aromatic N) is 2. The zero-order valence-electron chi connectivity index (χ0n) is 15.9. The monoisotopic (exact) mass is 433 g/mol. The lowest BCUT2D eigenvalue weighted by molar-refractivity contribution is -0.0258. The predicted molar refractivity (Wildman–Crippen MR) is 111 cm³/mol. The van der Waals surface area contributed by atoms with E-state index < -0.39 is 15.9 Å². The van der Waals surface area contributed by atoms with Gasteiger partial charge in [-0.3, -0.25) is 14.6 Å². The fourth-order valence-electron chi connectivity index (χ4n) is 2.86. The molecular formula is C20H20ClN3O4S. The van der Waals surface area contributed by atoms with Crippen molar-refractivity contribution in [2.75, 3.05) is 20.7 Å². The number of para-hydroxylation sites is 1. The van der Waals surface area contributed by atoms with E-state index in [-0.39, 0.29) is 15.5 Å². The number of carbonyl (C=O) groups is 1. The maximum absolute atomic E-state index is 12.5. The molecule has 7 nitrogen and oxygen atoms in total. The van der Waals surface area contributed by atoms with Gasteiger partial charge in [-0.05, 0) is 36.2 Å². The summed E-state index contributed by atoms with van der Waals surface area (Å²) in [4.78, 5) is 21.5. The number of sulfonamides is 1. The molecule has 3 aromatic rings. The highest BCUT2D eigenvalue weighted by atomic mass is 35.5. The smallest absolute Gasteiger partial charge is 0.266 e. The van der Waals surface area contributed by atoms with Crippen LogP contribution < -0.4 is 5.32 Å². The van der Waals surface area contributed by atoms with Crippen molar-refractivity contribution in [3.05, 3.63) is 70.9 Å². The number of halogens is 1. The third-order valence-corrected chi connectivity index (χ3v) is 6.62. The number of nitrogens with one attached hydrogen (secondary N) is 1. The van der Waals surface area contributed by atoms with Crippen molar-refractivity contribution in [2.24, 2.45) is 0 Å². The molecule has 0 atom stereocenters. The van der Waals surface area contributed by atoms with E-state index >= 15 is 0 Å². The molecule has 1 aromatic heterocycles. The molecule has 1 N–H and O–H groups in total. The molecule has 0 radical (unpaired) electrons. The first-order valence-electron chi connectivity index (χ1n) is 8.78. The minimum absolute atomic E-state index is 0.00674. The Bertz CT molecular complexity index is 1150. The fraction of sp³-hybridized carbons (Fsp3) is 0.200. The third kappa shape index (κ3) is 4.56. The zero-order valence-corrected chi connectivity index (χ0v) is 17.5. The normalized spacial score (nSPS) is 11.7. The Hall–Kier alpha value is -2.52. The molecule has 3 rings (SSSR count). The maximum atomic E-state index is 12.5. The van der Waals surface area contributed by atoms with Crippen molar-refractivity contribution in [3.8, 4) is 0 Å². The standard InChI is InChI=1S/C20H20ClN3O4S/c1-24(28-2)29(26,27)18-13-16(8-9-17(18)21)20(25)23-12-10-15-6-3-5-14-7-4-11-22-19(14)15/h3-9,11,13H,10,12H2,1-2H3,(H,23,25). The zero-order chi connectivity index (χ0) is 21.0. The highest BCUT2D eigenvalue weighted by Gasteiger charge is 2.25. The minimum atomic E-state index is -3.97. The van der Waals surface area contributed by atoms with Gasteiger partial charge in [0.2, 0.25) is 0 Å². The van der Waals surface area contributed by atoms with Gasteiger partial charge in [-0.1, -0.05) is 40.3 Å². The molecule has 9 heteroatoms. The Kier molecular flexibility index (Phi) is 6.49. The van der Waals surface area contributed by atoms with Gasteiger partial charge in [-0.25, -0.2) is 8.42 Å². The van der Waals surface area contributed by atoms with Crippen LogP contribution >= 0.6 is 11.6 Å². The fourth-order valence-corrected chi connectivity index (χ4v) is 4.33. The topological polar surface area (TPSA) is 88.6 Å². The lowest BCUT2D eigenvalue weighted by atomic mass is 10.1. The van der Waals surface area contributed by atoms with E-state index in [4.69, 9.17) is 16.4 Å². The quantitative estimate of drug-likeness (QED) is 0.578. The molecule has 0 saturated carbocycles. The first-order chi connectivity index (χ1) is 13.8. The van der Waals surface area contributed by atoms with Gasteiger partial charge in [-0.2, -0.15) is 0 Å². The summed E-state index contributed by atoms with van der Waals surface area (Å²) in [5.41, 5.74) is 2.10. The van der Waals surface area contributed by atoms with Crippen molar-refractivity contribution in [1.82, 2.24) is 14.8 Å². The van der Waals surface area contributed by atoms with Crippen LogP contribution in [-0.2, 0) is 21.3 Å². The van der Waals surface area contributed by atoms with E-state index in [9.17, 15) is 13.2 Å². The molecule has 0 aliphatic carbocycles. The van der Waals surface area contributed by atoms with E-state index in [0.717, 1.165) is 16.5 Å². The van der Waals surface area contributed by atoms with Crippen molar-refractivity contribution < 1.29 is 18.0 Å². The number of fused-ring (bicyclic) bond motifs is 1. The highest BCUT2D eigenvalue weighted by molar-refractivity contribution is 7.89. The molecule has 0 saturated heterocycles. The Morgan fingerprint density at radius 2 is 1.97 bits per heavy atom. The highest BCUT2D eigenvalue weighted by Crippen LogP contribution is 2.25. The molecule has 0 aliphatic rings. The van der Waals surface area contributed by atoms with Gasteiger partial charge in [0.05, 0.1) is 17.6 Å². The van der Waals surface area contributed by atoms with Gasteiger partial charge in [0.1, 0.15) is 4.90 Å². The van der Waals surface area contributed by atoms with Crippen molar-refractivity contribution in [1.29, 1.82) is 0 Å². The number of pyridine rings is 1. The number of hydrogen-bond acceptors (Lipinski definition) is 5. The molecular weight excluding hydrogens is 414 g/mol. The molecule has 152 valence electrons. The third-order valence-electron chi connectivity index (χ3n) is 4.46. The Morgan fingerprint density at radius 3 is 2.72 bits per heavy atom. The lowest BCUT2D eigenvalue weighted by Gasteiger charge is -2.16. The first kappa shape index (κ1) is 21.2. The number of amides is 1. The van der Waals surface area contributed by atoms with E-state index in [0.29, 0.717) is 17.4 Å². The van der Waals surface area contributed by atoms with Crippen LogP contribution in [0.15, 0.2) is 59.6 Å². The van der Waals surface area contributed by atoms with Crippen LogP contribution in [0.4, 0.5) is 0 Å². The molecule has 0 fully saturated rings.